The lowest BCUT2D eigenvalue weighted by Crippen LogP contribution is -2.39. The van der Waals surface area contributed by atoms with E-state index >= 15 is 0 Å². The highest BCUT2D eigenvalue weighted by molar-refractivity contribution is 5.78. The fourth-order valence-electron chi connectivity index (χ4n) is 3.53. The number of benzene rings is 2. The summed E-state index contributed by atoms with van der Waals surface area (Å²) in [4.78, 5) is 18.8. The molecule has 0 fully saturated rings. The summed E-state index contributed by atoms with van der Waals surface area (Å²) in [6.07, 6.45) is 3.18. The number of amides is 1. The van der Waals surface area contributed by atoms with Crippen LogP contribution in [-0.4, -0.2) is 46.3 Å². The molecule has 0 bridgehead atoms. The third kappa shape index (κ3) is 5.70. The van der Waals surface area contributed by atoms with Gasteiger partial charge < -0.3 is 10.1 Å². The van der Waals surface area contributed by atoms with E-state index in [0.717, 1.165) is 22.6 Å². The van der Waals surface area contributed by atoms with Gasteiger partial charge in [-0.15, -0.1) is 0 Å². The number of rotatable bonds is 9. The minimum atomic E-state index is -0.0518. The Labute approximate surface area is 184 Å². The summed E-state index contributed by atoms with van der Waals surface area (Å²) < 4.78 is 6.96. The zero-order valence-corrected chi connectivity index (χ0v) is 18.8. The van der Waals surface area contributed by atoms with Crippen LogP contribution in [0, 0.1) is 5.92 Å². The number of nitrogens with zero attached hydrogens (tertiary/aromatic N) is 4. The Hall–Kier alpha value is -3.19. The zero-order chi connectivity index (χ0) is 22.4. The minimum absolute atomic E-state index is 0.00287. The van der Waals surface area contributed by atoms with Crippen molar-refractivity contribution in [3.8, 4) is 11.4 Å². The highest BCUT2D eigenvalue weighted by Crippen LogP contribution is 2.24. The molecule has 1 heterocycles. The molecule has 0 aliphatic rings. The fourth-order valence-corrected chi connectivity index (χ4v) is 3.53. The van der Waals surface area contributed by atoms with Gasteiger partial charge in [-0.2, -0.15) is 5.10 Å². The molecule has 164 valence electrons. The molecule has 3 rings (SSSR count). The Morgan fingerprint density at radius 2 is 1.71 bits per heavy atom. The summed E-state index contributed by atoms with van der Waals surface area (Å²) in [5.41, 5.74) is 3.16. The molecule has 2 unspecified atom stereocenters. The van der Waals surface area contributed by atoms with E-state index < -0.39 is 0 Å². The van der Waals surface area contributed by atoms with Gasteiger partial charge in [0.25, 0.3) is 0 Å². The van der Waals surface area contributed by atoms with Crippen LogP contribution >= 0.6 is 0 Å². The van der Waals surface area contributed by atoms with Crippen LogP contribution in [0.25, 0.3) is 5.69 Å². The molecule has 0 radical (unpaired) electrons. The van der Waals surface area contributed by atoms with E-state index in [1.165, 1.54) is 6.33 Å². The number of likely N-dealkylation sites (N-methyl/N-ethyl adjacent to an activating group) is 1. The number of ether oxygens (including phenoxy) is 1. The molecule has 7 nitrogen and oxygen atoms in total. The van der Waals surface area contributed by atoms with Crippen molar-refractivity contribution in [2.24, 2.45) is 5.92 Å². The maximum Gasteiger partial charge on any atom is 0.234 e. The standard InChI is InChI=1S/C24H31N5O2/c1-17(2)24(20-8-12-22(31-5)13-9-20)27-23(30)14-28(4)18(3)19-6-10-21(11-7-19)29-16-25-15-26-29/h6-13,15-18,24H,14H2,1-5H3,(H,27,30). The molecule has 31 heavy (non-hydrogen) atoms. The summed E-state index contributed by atoms with van der Waals surface area (Å²) in [5, 5.41) is 7.34. The summed E-state index contributed by atoms with van der Waals surface area (Å²) in [5.74, 6) is 1.08. The van der Waals surface area contributed by atoms with Gasteiger partial charge in [0.05, 0.1) is 25.4 Å². The van der Waals surface area contributed by atoms with Crippen LogP contribution in [0.1, 0.15) is 44.0 Å². The van der Waals surface area contributed by atoms with Crippen molar-refractivity contribution in [1.82, 2.24) is 25.0 Å². The van der Waals surface area contributed by atoms with Gasteiger partial charge in [0.15, 0.2) is 0 Å². The fraction of sp³-hybridized carbons (Fsp3) is 0.375. The first kappa shape index (κ1) is 22.5. The van der Waals surface area contributed by atoms with Crippen molar-refractivity contribution in [2.75, 3.05) is 20.7 Å². The highest BCUT2D eigenvalue weighted by Gasteiger charge is 2.21. The third-order valence-electron chi connectivity index (χ3n) is 5.57. The summed E-state index contributed by atoms with van der Waals surface area (Å²) >= 11 is 0. The van der Waals surface area contributed by atoms with Gasteiger partial charge in [-0.25, -0.2) is 9.67 Å². The number of methoxy groups -OCH3 is 1. The van der Waals surface area contributed by atoms with Gasteiger partial charge in [0.2, 0.25) is 5.91 Å². The number of hydrogen-bond acceptors (Lipinski definition) is 5. The topological polar surface area (TPSA) is 72.3 Å². The summed E-state index contributed by atoms with van der Waals surface area (Å²) in [7, 11) is 3.61. The summed E-state index contributed by atoms with van der Waals surface area (Å²) in [6.45, 7) is 6.63. The average Bonchev–Trinajstić information content (AvgIpc) is 3.32. The van der Waals surface area contributed by atoms with Crippen LogP contribution in [0.3, 0.4) is 0 Å². The number of hydrogen-bond donors (Lipinski definition) is 1. The first-order valence-corrected chi connectivity index (χ1v) is 10.5. The molecule has 0 saturated heterocycles. The van der Waals surface area contributed by atoms with E-state index in [4.69, 9.17) is 4.74 Å². The molecule has 3 aromatic rings. The van der Waals surface area contributed by atoms with Gasteiger partial charge >= 0.3 is 0 Å². The molecule has 2 atom stereocenters. The minimum Gasteiger partial charge on any atom is -0.497 e. The number of carbonyl (C=O) groups is 1. The normalized spacial score (nSPS) is 13.3. The van der Waals surface area contributed by atoms with Gasteiger partial charge in [-0.05, 0) is 55.3 Å². The van der Waals surface area contributed by atoms with E-state index in [1.54, 1.807) is 18.1 Å². The van der Waals surface area contributed by atoms with E-state index in [1.807, 2.05) is 48.3 Å². The average molecular weight is 422 g/mol. The van der Waals surface area contributed by atoms with Crippen molar-refractivity contribution in [1.29, 1.82) is 0 Å². The SMILES string of the molecule is COc1ccc(C(NC(=O)CN(C)C(C)c2ccc(-n3cncn3)cc2)C(C)C)cc1. The summed E-state index contributed by atoms with van der Waals surface area (Å²) in [6, 6.07) is 16.0. The zero-order valence-electron chi connectivity index (χ0n) is 18.8. The molecule has 1 N–H and O–H groups in total. The smallest absolute Gasteiger partial charge is 0.234 e. The molecule has 7 heteroatoms. The maximum atomic E-state index is 12.8. The molecule has 2 aromatic carbocycles. The first-order valence-electron chi connectivity index (χ1n) is 10.5. The second kappa shape index (κ2) is 10.2. The molecular weight excluding hydrogens is 390 g/mol. The van der Waals surface area contributed by atoms with Crippen molar-refractivity contribution >= 4 is 5.91 Å². The highest BCUT2D eigenvalue weighted by atomic mass is 16.5. The van der Waals surface area contributed by atoms with Crippen LogP contribution in [0.2, 0.25) is 0 Å². The Kier molecular flexibility index (Phi) is 7.41. The number of aromatic nitrogens is 3. The van der Waals surface area contributed by atoms with E-state index in [0.29, 0.717) is 6.54 Å². The lowest BCUT2D eigenvalue weighted by Gasteiger charge is -2.27. The van der Waals surface area contributed by atoms with Crippen molar-refractivity contribution in [3.05, 3.63) is 72.3 Å². The van der Waals surface area contributed by atoms with Gasteiger partial charge in [0.1, 0.15) is 18.4 Å². The van der Waals surface area contributed by atoms with Gasteiger partial charge in [0, 0.05) is 6.04 Å². The monoisotopic (exact) mass is 421 g/mol. The Bertz CT molecular complexity index is 953. The lowest BCUT2D eigenvalue weighted by atomic mass is 9.96. The first-order chi connectivity index (χ1) is 14.9. The van der Waals surface area contributed by atoms with Crippen LogP contribution in [-0.2, 0) is 4.79 Å². The van der Waals surface area contributed by atoms with Gasteiger partial charge in [-0.3, -0.25) is 9.69 Å². The van der Waals surface area contributed by atoms with Crippen LogP contribution in [0.4, 0.5) is 0 Å². The van der Waals surface area contributed by atoms with Crippen molar-refractivity contribution < 1.29 is 9.53 Å². The number of nitrogens with one attached hydrogen (secondary N) is 1. The predicted octanol–water partition coefficient (Wildman–Crippen LogP) is 3.78. The Morgan fingerprint density at radius 1 is 1.06 bits per heavy atom. The lowest BCUT2D eigenvalue weighted by molar-refractivity contribution is -0.123. The molecule has 1 aromatic heterocycles. The Balaban J connectivity index is 1.61. The van der Waals surface area contributed by atoms with Crippen LogP contribution in [0.15, 0.2) is 61.2 Å². The van der Waals surface area contributed by atoms with Crippen molar-refractivity contribution in [3.63, 3.8) is 0 Å². The third-order valence-corrected chi connectivity index (χ3v) is 5.57. The molecule has 0 saturated carbocycles. The van der Waals surface area contributed by atoms with E-state index in [2.05, 4.69) is 48.3 Å². The maximum absolute atomic E-state index is 12.8. The second-order valence-electron chi connectivity index (χ2n) is 8.09. The molecular formula is C24H31N5O2. The molecule has 0 aliphatic heterocycles. The largest absolute Gasteiger partial charge is 0.497 e. The van der Waals surface area contributed by atoms with Crippen LogP contribution in [0.5, 0.6) is 5.75 Å². The second-order valence-corrected chi connectivity index (χ2v) is 8.09. The van der Waals surface area contributed by atoms with E-state index in [-0.39, 0.29) is 23.9 Å². The van der Waals surface area contributed by atoms with Crippen LogP contribution < -0.4 is 10.1 Å². The van der Waals surface area contributed by atoms with Gasteiger partial charge in [-0.1, -0.05) is 38.1 Å². The number of carbonyl (C=O) groups excluding carboxylic acids is 1. The quantitative estimate of drug-likeness (QED) is 0.569. The van der Waals surface area contributed by atoms with E-state index in [9.17, 15) is 4.79 Å². The predicted molar refractivity (Wildman–Crippen MR) is 121 cm³/mol. The molecule has 0 spiro atoms. The molecule has 0 aliphatic carbocycles. The Morgan fingerprint density at radius 3 is 2.26 bits per heavy atom. The molecule has 1 amide bonds. The van der Waals surface area contributed by atoms with Crippen molar-refractivity contribution in [2.45, 2.75) is 32.9 Å².